The predicted octanol–water partition coefficient (Wildman–Crippen LogP) is 4.96. The van der Waals surface area contributed by atoms with Crippen LogP contribution >= 0.6 is 11.6 Å². The second kappa shape index (κ2) is 5.63. The third kappa shape index (κ3) is 4.11. The molecule has 1 aromatic carbocycles. The minimum Gasteiger partial charge on any atom is -0.381 e. The summed E-state index contributed by atoms with van der Waals surface area (Å²) in [5, 5.41) is 3.30. The molecule has 0 aliphatic rings. The minimum absolute atomic E-state index is 0.0981. The molecular weight excluding hydrogens is 251 g/mol. The van der Waals surface area contributed by atoms with Gasteiger partial charge in [-0.15, -0.1) is 0 Å². The summed E-state index contributed by atoms with van der Waals surface area (Å²) in [6, 6.07) is 3.40. The van der Waals surface area contributed by atoms with Crippen molar-refractivity contribution in [2.24, 2.45) is 0 Å². The summed E-state index contributed by atoms with van der Waals surface area (Å²) in [7, 11) is 0. The van der Waals surface area contributed by atoms with E-state index in [1.807, 2.05) is 13.8 Å². The number of anilines is 1. The molecule has 5 heteroatoms. The molecule has 17 heavy (non-hydrogen) atoms. The second-order valence-electron chi connectivity index (χ2n) is 4.03. The van der Waals surface area contributed by atoms with Crippen LogP contribution < -0.4 is 5.32 Å². The first-order valence-electron chi connectivity index (χ1n) is 5.48. The Hall–Kier alpha value is -0.900. The maximum atomic E-state index is 12.5. The van der Waals surface area contributed by atoms with E-state index in [9.17, 15) is 13.2 Å². The Labute approximate surface area is 104 Å². The number of hydrogen-bond donors (Lipinski definition) is 1. The summed E-state index contributed by atoms with van der Waals surface area (Å²) in [6.45, 7) is 3.94. The Morgan fingerprint density at radius 1 is 1.35 bits per heavy atom. The van der Waals surface area contributed by atoms with Crippen LogP contribution in [0.1, 0.15) is 32.3 Å². The van der Waals surface area contributed by atoms with E-state index in [-0.39, 0.29) is 6.04 Å². The zero-order chi connectivity index (χ0) is 13.1. The van der Waals surface area contributed by atoms with Crippen LogP contribution in [-0.4, -0.2) is 6.04 Å². The van der Waals surface area contributed by atoms with Crippen LogP contribution in [0.2, 0.25) is 5.02 Å². The zero-order valence-corrected chi connectivity index (χ0v) is 10.5. The van der Waals surface area contributed by atoms with E-state index in [1.165, 1.54) is 6.07 Å². The number of halogens is 4. The van der Waals surface area contributed by atoms with Crippen LogP contribution in [0.15, 0.2) is 18.2 Å². The number of hydrogen-bond acceptors (Lipinski definition) is 1. The van der Waals surface area contributed by atoms with Gasteiger partial charge in [0.2, 0.25) is 0 Å². The van der Waals surface area contributed by atoms with Gasteiger partial charge in [0.15, 0.2) is 0 Å². The van der Waals surface area contributed by atoms with E-state index < -0.39 is 11.7 Å². The first-order chi connectivity index (χ1) is 7.84. The highest BCUT2D eigenvalue weighted by molar-refractivity contribution is 6.33. The van der Waals surface area contributed by atoms with Crippen molar-refractivity contribution in [1.82, 2.24) is 0 Å². The number of alkyl halides is 3. The molecule has 0 bridgehead atoms. The molecule has 1 atom stereocenters. The van der Waals surface area contributed by atoms with E-state index in [2.05, 4.69) is 5.32 Å². The summed E-state index contributed by atoms with van der Waals surface area (Å²) in [4.78, 5) is 0. The number of nitrogens with one attached hydrogen (secondary N) is 1. The zero-order valence-electron chi connectivity index (χ0n) is 9.74. The fourth-order valence-electron chi connectivity index (χ4n) is 1.58. The molecular formula is C12H15ClF3N. The van der Waals surface area contributed by atoms with E-state index in [4.69, 9.17) is 11.6 Å². The van der Waals surface area contributed by atoms with Crippen LogP contribution in [0, 0.1) is 0 Å². The first-order valence-corrected chi connectivity index (χ1v) is 5.85. The van der Waals surface area contributed by atoms with Crippen LogP contribution in [0.5, 0.6) is 0 Å². The molecule has 1 rings (SSSR count). The molecule has 1 aromatic rings. The standard InChI is InChI=1S/C12H15ClF3N/c1-3-4-8(2)17-11-7-9(12(14,15)16)5-6-10(11)13/h5-8,17H,3-4H2,1-2H3. The van der Waals surface area contributed by atoms with Gasteiger partial charge >= 0.3 is 6.18 Å². The number of rotatable bonds is 4. The summed E-state index contributed by atoms with van der Waals surface area (Å²) in [5.74, 6) is 0. The van der Waals surface area contributed by atoms with Gasteiger partial charge in [-0.25, -0.2) is 0 Å². The van der Waals surface area contributed by atoms with Gasteiger partial charge in [0.05, 0.1) is 16.3 Å². The molecule has 0 heterocycles. The van der Waals surface area contributed by atoms with E-state index in [1.54, 1.807) is 0 Å². The Morgan fingerprint density at radius 3 is 2.53 bits per heavy atom. The third-order valence-electron chi connectivity index (χ3n) is 2.42. The normalized spacial score (nSPS) is 13.5. The SMILES string of the molecule is CCCC(C)Nc1cc(C(F)(F)F)ccc1Cl. The van der Waals surface area contributed by atoms with Gasteiger partial charge in [-0.05, 0) is 31.5 Å². The predicted molar refractivity (Wildman–Crippen MR) is 64.4 cm³/mol. The molecule has 0 saturated heterocycles. The molecule has 1 N–H and O–H groups in total. The van der Waals surface area contributed by atoms with E-state index >= 15 is 0 Å². The lowest BCUT2D eigenvalue weighted by atomic mass is 10.1. The Morgan fingerprint density at radius 2 is 2.00 bits per heavy atom. The van der Waals surface area contributed by atoms with Crippen LogP contribution in [0.25, 0.3) is 0 Å². The topological polar surface area (TPSA) is 12.0 Å². The van der Waals surface area contributed by atoms with Gasteiger partial charge in [0.25, 0.3) is 0 Å². The number of benzene rings is 1. The third-order valence-corrected chi connectivity index (χ3v) is 2.75. The van der Waals surface area contributed by atoms with Crippen molar-refractivity contribution in [3.05, 3.63) is 28.8 Å². The molecule has 0 amide bonds. The van der Waals surface area contributed by atoms with Crippen LogP contribution in [-0.2, 0) is 6.18 Å². The summed E-state index contributed by atoms with van der Waals surface area (Å²) in [5.41, 5.74) is -0.351. The molecule has 0 aliphatic carbocycles. The highest BCUT2D eigenvalue weighted by Crippen LogP contribution is 2.34. The second-order valence-corrected chi connectivity index (χ2v) is 4.43. The van der Waals surface area contributed by atoms with Crippen LogP contribution in [0.4, 0.5) is 18.9 Å². The van der Waals surface area contributed by atoms with Crippen molar-refractivity contribution in [2.45, 2.75) is 38.9 Å². The quantitative estimate of drug-likeness (QED) is 0.811. The van der Waals surface area contributed by atoms with Crippen molar-refractivity contribution in [2.75, 3.05) is 5.32 Å². The minimum atomic E-state index is -4.34. The van der Waals surface area contributed by atoms with E-state index in [0.717, 1.165) is 25.0 Å². The lowest BCUT2D eigenvalue weighted by molar-refractivity contribution is -0.137. The van der Waals surface area contributed by atoms with Crippen molar-refractivity contribution in [1.29, 1.82) is 0 Å². The molecule has 96 valence electrons. The monoisotopic (exact) mass is 265 g/mol. The van der Waals surface area contributed by atoms with Gasteiger partial charge in [0.1, 0.15) is 0 Å². The first kappa shape index (κ1) is 14.2. The average Bonchev–Trinajstić information content (AvgIpc) is 2.20. The van der Waals surface area contributed by atoms with Crippen molar-refractivity contribution >= 4 is 17.3 Å². The largest absolute Gasteiger partial charge is 0.416 e. The van der Waals surface area contributed by atoms with E-state index in [0.29, 0.717) is 10.7 Å². The van der Waals surface area contributed by atoms with Crippen molar-refractivity contribution < 1.29 is 13.2 Å². The molecule has 1 unspecified atom stereocenters. The summed E-state index contributed by atoms with van der Waals surface area (Å²) >= 11 is 5.86. The Kier molecular flexibility index (Phi) is 4.69. The average molecular weight is 266 g/mol. The molecule has 0 aliphatic heterocycles. The molecule has 1 nitrogen and oxygen atoms in total. The molecule has 0 radical (unpaired) electrons. The molecule has 0 spiro atoms. The Balaban J connectivity index is 2.91. The molecule has 0 fully saturated rings. The lowest BCUT2D eigenvalue weighted by Gasteiger charge is -2.17. The summed E-state index contributed by atoms with van der Waals surface area (Å²) in [6.07, 6.45) is -2.49. The van der Waals surface area contributed by atoms with Crippen molar-refractivity contribution in [3.8, 4) is 0 Å². The fourth-order valence-corrected chi connectivity index (χ4v) is 1.75. The van der Waals surface area contributed by atoms with Crippen molar-refractivity contribution in [3.63, 3.8) is 0 Å². The van der Waals surface area contributed by atoms with Gasteiger partial charge < -0.3 is 5.32 Å². The molecule has 0 aromatic heterocycles. The van der Waals surface area contributed by atoms with Crippen LogP contribution in [0.3, 0.4) is 0 Å². The maximum Gasteiger partial charge on any atom is 0.416 e. The van der Waals surface area contributed by atoms with Gasteiger partial charge in [0, 0.05) is 6.04 Å². The Bertz CT molecular complexity index is 377. The lowest BCUT2D eigenvalue weighted by Crippen LogP contribution is -2.15. The van der Waals surface area contributed by atoms with Gasteiger partial charge in [-0.3, -0.25) is 0 Å². The smallest absolute Gasteiger partial charge is 0.381 e. The fraction of sp³-hybridized carbons (Fsp3) is 0.500. The van der Waals surface area contributed by atoms with Gasteiger partial charge in [-0.1, -0.05) is 24.9 Å². The highest BCUT2D eigenvalue weighted by atomic mass is 35.5. The molecule has 0 saturated carbocycles. The maximum absolute atomic E-state index is 12.5. The summed E-state index contributed by atoms with van der Waals surface area (Å²) < 4.78 is 37.5. The van der Waals surface area contributed by atoms with Gasteiger partial charge in [-0.2, -0.15) is 13.2 Å². The highest BCUT2D eigenvalue weighted by Gasteiger charge is 2.31.